The number of carbonyl (C=O) groups is 1. The Bertz CT molecular complexity index is 553. The largest absolute Gasteiger partial charge is 0.508 e. The van der Waals surface area contributed by atoms with E-state index in [0.29, 0.717) is 5.56 Å². The van der Waals surface area contributed by atoms with Crippen LogP contribution in [0.2, 0.25) is 0 Å². The second-order valence-corrected chi connectivity index (χ2v) is 5.28. The summed E-state index contributed by atoms with van der Waals surface area (Å²) in [7, 11) is 0. The number of carbonyl (C=O) groups excluding carboxylic acids is 1. The van der Waals surface area contributed by atoms with Gasteiger partial charge in [0.05, 0.1) is 0 Å². The molecule has 0 amide bonds. The Labute approximate surface area is 131 Å². The SMILES string of the molecule is O=C(/C=C\c1ccc(O)cc1)OC1[C@@H](O)[C@H](O)C(O)[C@H](O)[C@H]1O. The number of ether oxygens (including phenoxy) is 1. The molecule has 6 atom stereocenters. The number of phenolic OH excluding ortho intramolecular Hbond substituents is 1. The van der Waals surface area contributed by atoms with Gasteiger partial charge in [-0.15, -0.1) is 0 Å². The summed E-state index contributed by atoms with van der Waals surface area (Å²) in [5.74, 6) is -0.850. The van der Waals surface area contributed by atoms with E-state index in [0.717, 1.165) is 6.08 Å². The van der Waals surface area contributed by atoms with Crippen molar-refractivity contribution in [3.8, 4) is 5.75 Å². The Morgan fingerprint density at radius 1 is 0.870 bits per heavy atom. The molecule has 8 heteroatoms. The normalized spacial score (nSPS) is 34.5. The van der Waals surface area contributed by atoms with Crippen LogP contribution >= 0.6 is 0 Å². The molecule has 1 aliphatic rings. The van der Waals surface area contributed by atoms with Gasteiger partial charge in [0.15, 0.2) is 6.10 Å². The number of rotatable bonds is 3. The molecular formula is C15H18O8. The highest BCUT2D eigenvalue weighted by molar-refractivity contribution is 5.87. The van der Waals surface area contributed by atoms with Crippen molar-refractivity contribution in [2.24, 2.45) is 0 Å². The summed E-state index contributed by atoms with van der Waals surface area (Å²) in [6.45, 7) is 0. The lowest BCUT2D eigenvalue weighted by molar-refractivity contribution is -0.231. The van der Waals surface area contributed by atoms with Gasteiger partial charge in [0.1, 0.15) is 36.3 Å². The Morgan fingerprint density at radius 2 is 1.35 bits per heavy atom. The van der Waals surface area contributed by atoms with Crippen LogP contribution < -0.4 is 0 Å². The average molecular weight is 326 g/mol. The maximum Gasteiger partial charge on any atom is 0.331 e. The minimum Gasteiger partial charge on any atom is -0.508 e. The first-order valence-corrected chi connectivity index (χ1v) is 6.89. The van der Waals surface area contributed by atoms with E-state index in [1.165, 1.54) is 18.2 Å². The van der Waals surface area contributed by atoms with Crippen molar-refractivity contribution in [3.63, 3.8) is 0 Å². The highest BCUT2D eigenvalue weighted by Crippen LogP contribution is 2.24. The molecule has 1 saturated carbocycles. The van der Waals surface area contributed by atoms with Crippen LogP contribution in [0.1, 0.15) is 5.56 Å². The van der Waals surface area contributed by atoms with E-state index in [1.807, 2.05) is 0 Å². The number of hydrogen-bond donors (Lipinski definition) is 6. The molecule has 1 aliphatic carbocycles. The standard InChI is InChI=1S/C15H18O8/c16-8-4-1-7(2-5-8)3-6-9(17)23-15-13(21)11(19)10(18)12(20)14(15)22/h1-6,10-16,18-22H/b6-3-/t10?,11-,12+,13+,14-,15?. The number of phenols is 1. The molecule has 6 N–H and O–H groups in total. The highest BCUT2D eigenvalue weighted by atomic mass is 16.6. The Hall–Kier alpha value is -1.97. The molecule has 1 aromatic rings. The molecule has 0 radical (unpaired) electrons. The zero-order chi connectivity index (χ0) is 17.1. The van der Waals surface area contributed by atoms with Crippen molar-refractivity contribution < 1.29 is 40.2 Å². The zero-order valence-electron chi connectivity index (χ0n) is 11.9. The topological polar surface area (TPSA) is 148 Å². The van der Waals surface area contributed by atoms with E-state index in [4.69, 9.17) is 9.84 Å². The van der Waals surface area contributed by atoms with Gasteiger partial charge in [0, 0.05) is 6.08 Å². The average Bonchev–Trinajstić information content (AvgIpc) is 2.54. The quantitative estimate of drug-likeness (QED) is 0.280. The fourth-order valence-electron chi connectivity index (χ4n) is 2.26. The number of esters is 1. The molecule has 1 aromatic carbocycles. The first-order valence-electron chi connectivity index (χ1n) is 6.89. The zero-order valence-corrected chi connectivity index (χ0v) is 11.9. The molecular weight excluding hydrogens is 308 g/mol. The van der Waals surface area contributed by atoms with Crippen molar-refractivity contribution in [1.82, 2.24) is 0 Å². The van der Waals surface area contributed by atoms with Crippen LogP contribution in [-0.2, 0) is 9.53 Å². The van der Waals surface area contributed by atoms with Gasteiger partial charge in [-0.05, 0) is 23.8 Å². The number of aliphatic hydroxyl groups excluding tert-OH is 5. The van der Waals surface area contributed by atoms with E-state index < -0.39 is 42.6 Å². The fraction of sp³-hybridized carbons (Fsp3) is 0.400. The predicted molar refractivity (Wildman–Crippen MR) is 77.1 cm³/mol. The monoisotopic (exact) mass is 326 g/mol. The van der Waals surface area contributed by atoms with Crippen molar-refractivity contribution in [3.05, 3.63) is 35.9 Å². The van der Waals surface area contributed by atoms with Crippen LogP contribution in [0, 0.1) is 0 Å². The first-order chi connectivity index (χ1) is 10.8. The van der Waals surface area contributed by atoms with E-state index in [-0.39, 0.29) is 5.75 Å². The van der Waals surface area contributed by atoms with Crippen LogP contribution in [0.25, 0.3) is 6.08 Å². The highest BCUT2D eigenvalue weighted by Gasteiger charge is 2.50. The summed E-state index contributed by atoms with van der Waals surface area (Å²) >= 11 is 0. The van der Waals surface area contributed by atoms with E-state index in [9.17, 15) is 30.3 Å². The smallest absolute Gasteiger partial charge is 0.331 e. The third-order valence-electron chi connectivity index (χ3n) is 3.63. The molecule has 0 aliphatic heterocycles. The number of hydrogen-bond acceptors (Lipinski definition) is 8. The molecule has 0 spiro atoms. The maximum absolute atomic E-state index is 11.7. The van der Waals surface area contributed by atoms with Crippen LogP contribution in [0.5, 0.6) is 5.75 Å². The van der Waals surface area contributed by atoms with Crippen molar-refractivity contribution in [1.29, 1.82) is 0 Å². The predicted octanol–water partition coefficient (Wildman–Crippen LogP) is -1.86. The van der Waals surface area contributed by atoms with Gasteiger partial charge in [-0.2, -0.15) is 0 Å². The molecule has 0 aromatic heterocycles. The van der Waals surface area contributed by atoms with Gasteiger partial charge < -0.3 is 35.4 Å². The Morgan fingerprint density at radius 3 is 1.87 bits per heavy atom. The molecule has 126 valence electrons. The third kappa shape index (κ3) is 3.87. The summed E-state index contributed by atoms with van der Waals surface area (Å²) in [4.78, 5) is 11.7. The van der Waals surface area contributed by atoms with Gasteiger partial charge >= 0.3 is 5.97 Å². The molecule has 8 nitrogen and oxygen atoms in total. The van der Waals surface area contributed by atoms with Crippen LogP contribution in [0.3, 0.4) is 0 Å². The molecule has 1 fully saturated rings. The van der Waals surface area contributed by atoms with Crippen LogP contribution in [0.4, 0.5) is 0 Å². The number of aromatic hydroxyl groups is 1. The van der Waals surface area contributed by atoms with Crippen molar-refractivity contribution in [2.45, 2.75) is 36.6 Å². The molecule has 0 saturated heterocycles. The summed E-state index contributed by atoms with van der Waals surface area (Å²) in [5, 5.41) is 57.2. The lowest BCUT2D eigenvalue weighted by atomic mass is 9.85. The third-order valence-corrected chi connectivity index (χ3v) is 3.63. The second-order valence-electron chi connectivity index (χ2n) is 5.28. The Balaban J connectivity index is 2.02. The molecule has 2 unspecified atom stereocenters. The van der Waals surface area contributed by atoms with E-state index >= 15 is 0 Å². The van der Waals surface area contributed by atoms with Crippen molar-refractivity contribution >= 4 is 12.0 Å². The van der Waals surface area contributed by atoms with Gasteiger partial charge in [0.25, 0.3) is 0 Å². The summed E-state index contributed by atoms with van der Waals surface area (Å²) in [6, 6.07) is 5.95. The van der Waals surface area contributed by atoms with E-state index in [2.05, 4.69) is 0 Å². The van der Waals surface area contributed by atoms with E-state index in [1.54, 1.807) is 12.1 Å². The lowest BCUT2D eigenvalue weighted by Crippen LogP contribution is -2.64. The minimum atomic E-state index is -1.76. The van der Waals surface area contributed by atoms with Crippen LogP contribution in [-0.4, -0.2) is 73.2 Å². The van der Waals surface area contributed by atoms with Gasteiger partial charge in [-0.3, -0.25) is 0 Å². The van der Waals surface area contributed by atoms with Crippen LogP contribution in [0.15, 0.2) is 30.3 Å². The molecule has 23 heavy (non-hydrogen) atoms. The number of benzene rings is 1. The minimum absolute atomic E-state index is 0.0692. The summed E-state index contributed by atoms with van der Waals surface area (Å²) in [6.07, 6.45) is -7.92. The molecule has 0 bridgehead atoms. The van der Waals surface area contributed by atoms with Gasteiger partial charge in [-0.25, -0.2) is 4.79 Å². The fourth-order valence-corrected chi connectivity index (χ4v) is 2.26. The second kappa shape index (κ2) is 7.07. The summed E-state index contributed by atoms with van der Waals surface area (Å²) in [5.41, 5.74) is 0.597. The molecule has 2 rings (SSSR count). The first kappa shape index (κ1) is 17.4. The van der Waals surface area contributed by atoms with Gasteiger partial charge in [-0.1, -0.05) is 12.1 Å². The summed E-state index contributed by atoms with van der Waals surface area (Å²) < 4.78 is 4.84. The Kier molecular flexibility index (Phi) is 5.34. The molecule has 0 heterocycles. The number of aliphatic hydroxyl groups is 5. The lowest BCUT2D eigenvalue weighted by Gasteiger charge is -2.40. The van der Waals surface area contributed by atoms with Gasteiger partial charge in [0.2, 0.25) is 0 Å². The maximum atomic E-state index is 11.7. The van der Waals surface area contributed by atoms with Crippen molar-refractivity contribution in [2.75, 3.05) is 0 Å².